The standard InChI is InChI=1S/C30H56N4O4/c1-7-13-29(5,9-3)15-16-32-26(36)20-31-22-33-21-23(35)18-25(33)28(38)24-12-11-17-34(24)27(37)19-30(6,10-4)14-8-2/h23-25,31,35H,7-22H2,1-6H3,(H,32,36). The second kappa shape index (κ2) is 15.3. The molecule has 220 valence electrons. The molecule has 5 unspecified atom stereocenters. The Hall–Kier alpha value is -1.51. The molecule has 0 aromatic carbocycles. The Morgan fingerprint density at radius 3 is 2.24 bits per heavy atom. The van der Waals surface area contributed by atoms with Gasteiger partial charge in [-0.15, -0.1) is 0 Å². The molecule has 8 heteroatoms. The van der Waals surface area contributed by atoms with Crippen molar-refractivity contribution in [1.82, 2.24) is 20.4 Å². The van der Waals surface area contributed by atoms with Gasteiger partial charge in [-0.2, -0.15) is 0 Å². The van der Waals surface area contributed by atoms with E-state index in [0.717, 1.165) is 51.4 Å². The third kappa shape index (κ3) is 9.30. The molecule has 0 radical (unpaired) electrons. The zero-order valence-corrected chi connectivity index (χ0v) is 25.1. The number of carbonyl (C=O) groups excluding carboxylic acids is 3. The van der Waals surface area contributed by atoms with E-state index in [0.29, 0.717) is 45.6 Å². The van der Waals surface area contributed by atoms with Crippen LogP contribution in [-0.2, 0) is 14.4 Å². The first kappa shape index (κ1) is 32.7. The number of rotatable bonds is 17. The molecule has 0 aromatic heterocycles. The van der Waals surface area contributed by atoms with E-state index >= 15 is 0 Å². The van der Waals surface area contributed by atoms with Crippen molar-refractivity contribution < 1.29 is 19.5 Å². The Kier molecular flexibility index (Phi) is 13.2. The molecular formula is C30H56N4O4. The van der Waals surface area contributed by atoms with Crippen molar-refractivity contribution in [2.24, 2.45) is 10.8 Å². The van der Waals surface area contributed by atoms with Crippen molar-refractivity contribution in [2.45, 2.75) is 130 Å². The fourth-order valence-corrected chi connectivity index (χ4v) is 6.35. The van der Waals surface area contributed by atoms with Gasteiger partial charge in [-0.3, -0.25) is 24.6 Å². The average molecular weight is 537 g/mol. The summed E-state index contributed by atoms with van der Waals surface area (Å²) in [5.41, 5.74) is 0.225. The molecule has 8 nitrogen and oxygen atoms in total. The fraction of sp³-hybridized carbons (Fsp3) is 0.900. The first-order chi connectivity index (χ1) is 18.0. The van der Waals surface area contributed by atoms with E-state index < -0.39 is 18.2 Å². The number of nitrogens with one attached hydrogen (secondary N) is 2. The lowest BCUT2D eigenvalue weighted by molar-refractivity contribution is -0.141. The topological polar surface area (TPSA) is 102 Å². The quantitative estimate of drug-likeness (QED) is 0.261. The van der Waals surface area contributed by atoms with Crippen molar-refractivity contribution in [1.29, 1.82) is 0 Å². The Morgan fingerprint density at radius 1 is 0.947 bits per heavy atom. The van der Waals surface area contributed by atoms with Crippen molar-refractivity contribution in [3.8, 4) is 0 Å². The summed E-state index contributed by atoms with van der Waals surface area (Å²) in [6.07, 6.45) is 9.14. The Balaban J connectivity index is 1.88. The van der Waals surface area contributed by atoms with Gasteiger partial charge in [-0.05, 0) is 49.4 Å². The first-order valence-electron chi connectivity index (χ1n) is 15.2. The second-order valence-electron chi connectivity index (χ2n) is 12.5. The van der Waals surface area contributed by atoms with Gasteiger partial charge >= 0.3 is 0 Å². The average Bonchev–Trinajstić information content (AvgIpc) is 3.51. The molecule has 38 heavy (non-hydrogen) atoms. The minimum Gasteiger partial charge on any atom is -0.392 e. The highest BCUT2D eigenvalue weighted by molar-refractivity contribution is 5.93. The maximum atomic E-state index is 13.6. The Morgan fingerprint density at radius 2 is 1.61 bits per heavy atom. The molecule has 2 rings (SSSR count). The molecule has 3 N–H and O–H groups in total. The van der Waals surface area contributed by atoms with Crippen molar-refractivity contribution in [2.75, 3.05) is 32.8 Å². The lowest BCUT2D eigenvalue weighted by Gasteiger charge is -2.33. The summed E-state index contributed by atoms with van der Waals surface area (Å²) in [4.78, 5) is 43.0. The van der Waals surface area contributed by atoms with Crippen LogP contribution in [0.5, 0.6) is 0 Å². The Labute approximate surface area is 231 Å². The summed E-state index contributed by atoms with van der Waals surface area (Å²) >= 11 is 0. The molecule has 0 aliphatic carbocycles. The summed E-state index contributed by atoms with van der Waals surface area (Å²) in [6, 6.07) is -0.853. The summed E-state index contributed by atoms with van der Waals surface area (Å²) in [5, 5.41) is 16.5. The molecule has 2 fully saturated rings. The molecular weight excluding hydrogens is 480 g/mol. The molecule has 2 heterocycles. The molecule has 0 saturated carbocycles. The van der Waals surface area contributed by atoms with Crippen molar-refractivity contribution in [3.63, 3.8) is 0 Å². The predicted octanol–water partition coefficient (Wildman–Crippen LogP) is 3.86. The molecule has 0 spiro atoms. The molecule has 5 atom stereocenters. The molecule has 0 aromatic rings. The summed E-state index contributed by atoms with van der Waals surface area (Å²) in [7, 11) is 0. The van der Waals surface area contributed by atoms with E-state index in [4.69, 9.17) is 0 Å². The normalized spacial score (nSPS) is 25.2. The van der Waals surface area contributed by atoms with Gasteiger partial charge in [0.2, 0.25) is 11.8 Å². The highest BCUT2D eigenvalue weighted by atomic mass is 16.3. The first-order valence-corrected chi connectivity index (χ1v) is 15.2. The summed E-state index contributed by atoms with van der Waals surface area (Å²) < 4.78 is 0. The smallest absolute Gasteiger partial charge is 0.233 e. The van der Waals surface area contributed by atoms with E-state index in [1.165, 1.54) is 0 Å². The minimum atomic E-state index is -0.580. The number of hydrogen-bond acceptors (Lipinski definition) is 6. The van der Waals surface area contributed by atoms with Gasteiger partial charge in [0, 0.05) is 32.7 Å². The number of hydrogen-bond donors (Lipinski definition) is 3. The highest BCUT2D eigenvalue weighted by Crippen LogP contribution is 2.34. The number of amides is 2. The van der Waals surface area contributed by atoms with Gasteiger partial charge in [0.05, 0.1) is 24.7 Å². The van der Waals surface area contributed by atoms with Gasteiger partial charge in [-0.25, -0.2) is 0 Å². The van der Waals surface area contributed by atoms with Gasteiger partial charge in [0.1, 0.15) is 0 Å². The second-order valence-corrected chi connectivity index (χ2v) is 12.5. The van der Waals surface area contributed by atoms with Crippen LogP contribution in [0.2, 0.25) is 0 Å². The Bertz CT molecular complexity index is 777. The van der Waals surface area contributed by atoms with Crippen LogP contribution in [0.25, 0.3) is 0 Å². The number of aliphatic hydroxyl groups is 1. The van der Waals surface area contributed by atoms with Crippen LogP contribution in [-0.4, -0.2) is 83.5 Å². The third-order valence-corrected chi connectivity index (χ3v) is 9.25. The number of ketones is 1. The molecule has 2 aliphatic rings. The predicted molar refractivity (Wildman–Crippen MR) is 153 cm³/mol. The van der Waals surface area contributed by atoms with Gasteiger partial charge in [0.15, 0.2) is 5.78 Å². The van der Waals surface area contributed by atoms with Crippen molar-refractivity contribution >= 4 is 17.6 Å². The van der Waals surface area contributed by atoms with Crippen LogP contribution >= 0.6 is 0 Å². The summed E-state index contributed by atoms with van der Waals surface area (Å²) in [6.45, 7) is 15.3. The van der Waals surface area contributed by atoms with Crippen LogP contribution in [0.4, 0.5) is 0 Å². The highest BCUT2D eigenvalue weighted by Gasteiger charge is 2.43. The van der Waals surface area contributed by atoms with Crippen LogP contribution in [0, 0.1) is 10.8 Å². The van der Waals surface area contributed by atoms with E-state index in [9.17, 15) is 19.5 Å². The minimum absolute atomic E-state index is 0.0297. The number of aliphatic hydroxyl groups excluding tert-OH is 1. The van der Waals surface area contributed by atoms with Crippen LogP contribution < -0.4 is 10.6 Å². The van der Waals surface area contributed by atoms with E-state index in [1.54, 1.807) is 4.90 Å². The molecule has 2 aliphatic heterocycles. The van der Waals surface area contributed by atoms with E-state index in [-0.39, 0.29) is 35.0 Å². The number of carbonyl (C=O) groups is 3. The van der Waals surface area contributed by atoms with E-state index in [2.05, 4.69) is 52.2 Å². The van der Waals surface area contributed by atoms with Crippen molar-refractivity contribution in [3.05, 3.63) is 0 Å². The zero-order chi connectivity index (χ0) is 28.3. The molecule has 2 amide bonds. The fourth-order valence-electron chi connectivity index (χ4n) is 6.35. The number of Topliss-reactive ketones (excluding diaryl/α,β-unsaturated/α-hetero) is 1. The van der Waals surface area contributed by atoms with Gasteiger partial charge in [-0.1, -0.05) is 67.2 Å². The zero-order valence-electron chi connectivity index (χ0n) is 25.1. The van der Waals surface area contributed by atoms with Crippen LogP contribution in [0.3, 0.4) is 0 Å². The monoisotopic (exact) mass is 536 g/mol. The SMILES string of the molecule is CCCC(C)(CC)CCNC(=O)CNCN1CC(O)CC1C(=O)C1CCCN1C(=O)CC(C)(CC)CCC. The van der Waals surface area contributed by atoms with Gasteiger partial charge in [0.25, 0.3) is 0 Å². The number of likely N-dealkylation sites (tertiary alicyclic amines) is 2. The number of β-amino-alcohol motifs (C(OH)–C–C–N with tert-alkyl or cyclic N) is 1. The van der Waals surface area contributed by atoms with Crippen LogP contribution in [0.15, 0.2) is 0 Å². The largest absolute Gasteiger partial charge is 0.392 e. The van der Waals surface area contributed by atoms with E-state index in [1.807, 2.05) is 4.90 Å². The number of nitrogens with zero attached hydrogens (tertiary/aromatic N) is 2. The maximum absolute atomic E-state index is 13.6. The lowest BCUT2D eigenvalue weighted by atomic mass is 9.79. The lowest BCUT2D eigenvalue weighted by Crippen LogP contribution is -2.51. The van der Waals surface area contributed by atoms with Gasteiger partial charge < -0.3 is 15.3 Å². The molecule has 2 saturated heterocycles. The molecule has 0 bridgehead atoms. The third-order valence-electron chi connectivity index (χ3n) is 9.25. The van der Waals surface area contributed by atoms with Crippen LogP contribution in [0.1, 0.15) is 112 Å². The summed E-state index contributed by atoms with van der Waals surface area (Å²) in [5.74, 6) is 0.0555. The maximum Gasteiger partial charge on any atom is 0.233 e.